The van der Waals surface area contributed by atoms with E-state index < -0.39 is 17.5 Å². The minimum Gasteiger partial charge on any atom is -0.378 e. The van der Waals surface area contributed by atoms with Gasteiger partial charge in [0.25, 0.3) is 0 Å². The van der Waals surface area contributed by atoms with Crippen LogP contribution in [0.3, 0.4) is 0 Å². The van der Waals surface area contributed by atoms with Gasteiger partial charge in [0, 0.05) is 35.4 Å². The Balaban J connectivity index is 1.44. The lowest BCUT2D eigenvalue weighted by atomic mass is 9.43. The molecule has 2 saturated carbocycles. The van der Waals surface area contributed by atoms with Gasteiger partial charge in [-0.3, -0.25) is 4.79 Å². The largest absolute Gasteiger partial charge is 0.378 e. The molecular formula is C31H39NO5. The number of fused-ring (bicyclic) bond motifs is 9. The molecule has 2 unspecified atom stereocenters. The van der Waals surface area contributed by atoms with Crippen molar-refractivity contribution in [1.82, 2.24) is 4.57 Å². The van der Waals surface area contributed by atoms with Crippen LogP contribution in [-0.4, -0.2) is 45.7 Å². The highest BCUT2D eigenvalue weighted by Crippen LogP contribution is 2.71. The van der Waals surface area contributed by atoms with Gasteiger partial charge in [0.15, 0.2) is 17.7 Å². The third-order valence-electron chi connectivity index (χ3n) is 10.9. The van der Waals surface area contributed by atoms with Gasteiger partial charge in [-0.1, -0.05) is 39.0 Å². The number of carbonyl (C=O) groups excluding carboxylic acids is 1. The van der Waals surface area contributed by atoms with Crippen molar-refractivity contribution in [3.63, 3.8) is 0 Å². The Hall–Kier alpha value is -1.99. The standard InChI is InChI=1S/C31H39NO5/c1-6-13-35-24-15-18-14-20-19-9-7-8-10-22(19)32(17-33)26(20)30(18,5)29(4)11-12-31-21(25(24)29)16-23(34)27(36-31)28(2,3)37-31/h7-10,16,18,24-25,27,33H,6,11-15,17H2,1-5H3/t18?,24-,25?,27-,29-,30+,31-/m0/s1. The zero-order valence-corrected chi connectivity index (χ0v) is 22.7. The summed E-state index contributed by atoms with van der Waals surface area (Å²) in [5.74, 6) is -0.458. The van der Waals surface area contributed by atoms with E-state index in [1.807, 2.05) is 19.9 Å². The monoisotopic (exact) mass is 505 g/mol. The SMILES string of the molecule is CCCO[C@H]1CC2Cc3c(n(CO)c4ccccc34)[C@]2(C)[C@@]2(C)CC[C@@]34O[C@@H](C(=O)C=C3C12)C(C)(C)O4. The molecule has 1 saturated heterocycles. The summed E-state index contributed by atoms with van der Waals surface area (Å²) in [6.07, 6.45) is 5.77. The highest BCUT2D eigenvalue weighted by molar-refractivity contribution is 5.97. The molecule has 2 bridgehead atoms. The number of benzene rings is 1. The van der Waals surface area contributed by atoms with Crippen molar-refractivity contribution >= 4 is 16.7 Å². The van der Waals surface area contributed by atoms with Crippen molar-refractivity contribution in [1.29, 1.82) is 0 Å². The molecule has 7 atom stereocenters. The lowest BCUT2D eigenvalue weighted by molar-refractivity contribution is -0.223. The smallest absolute Gasteiger partial charge is 0.193 e. The summed E-state index contributed by atoms with van der Waals surface area (Å²) in [5.41, 5.74) is 3.67. The summed E-state index contributed by atoms with van der Waals surface area (Å²) >= 11 is 0. The van der Waals surface area contributed by atoms with Gasteiger partial charge in [-0.15, -0.1) is 0 Å². The van der Waals surface area contributed by atoms with Gasteiger partial charge >= 0.3 is 0 Å². The fraction of sp³-hybridized carbons (Fsp3) is 0.645. The van der Waals surface area contributed by atoms with E-state index in [1.54, 1.807) is 0 Å². The predicted octanol–water partition coefficient (Wildman–Crippen LogP) is 5.04. The zero-order chi connectivity index (χ0) is 26.0. The quantitative estimate of drug-likeness (QED) is 0.631. The number of carbonyl (C=O) groups is 1. The second kappa shape index (κ2) is 7.56. The fourth-order valence-electron chi connectivity index (χ4n) is 9.27. The lowest BCUT2D eigenvalue weighted by Gasteiger charge is -2.63. The van der Waals surface area contributed by atoms with Crippen molar-refractivity contribution < 1.29 is 24.1 Å². The summed E-state index contributed by atoms with van der Waals surface area (Å²) in [6.45, 7) is 11.6. The first-order valence-corrected chi connectivity index (χ1v) is 14.1. The van der Waals surface area contributed by atoms with Crippen molar-refractivity contribution in [2.24, 2.45) is 17.3 Å². The topological polar surface area (TPSA) is 69.9 Å². The Morgan fingerprint density at radius 2 is 1.95 bits per heavy atom. The molecule has 1 spiro atoms. The Morgan fingerprint density at radius 3 is 2.70 bits per heavy atom. The van der Waals surface area contributed by atoms with Crippen LogP contribution in [0.5, 0.6) is 0 Å². The van der Waals surface area contributed by atoms with Crippen molar-refractivity contribution in [2.75, 3.05) is 6.61 Å². The maximum atomic E-state index is 13.4. The average Bonchev–Trinajstić information content (AvgIpc) is 3.43. The second-order valence-corrected chi connectivity index (χ2v) is 13.0. The van der Waals surface area contributed by atoms with Gasteiger partial charge < -0.3 is 23.9 Å². The molecule has 0 amide bonds. The third kappa shape index (κ3) is 2.78. The molecule has 3 heterocycles. The van der Waals surface area contributed by atoms with Crippen LogP contribution in [0.15, 0.2) is 35.9 Å². The molecule has 198 valence electrons. The molecule has 0 radical (unpaired) electrons. The maximum Gasteiger partial charge on any atom is 0.193 e. The number of hydrogen-bond donors (Lipinski definition) is 1. The van der Waals surface area contributed by atoms with Gasteiger partial charge in [0.2, 0.25) is 0 Å². The first-order chi connectivity index (χ1) is 17.6. The number of nitrogens with zero attached hydrogens (tertiary/aromatic N) is 1. The first-order valence-electron chi connectivity index (χ1n) is 14.1. The number of aliphatic hydroxyl groups is 1. The van der Waals surface area contributed by atoms with Gasteiger partial charge in [-0.05, 0) is 74.1 Å². The van der Waals surface area contributed by atoms with Crippen molar-refractivity contribution in [3.05, 3.63) is 47.2 Å². The Labute approximate surface area is 219 Å². The van der Waals surface area contributed by atoms with Crippen LogP contribution in [0.1, 0.15) is 71.6 Å². The summed E-state index contributed by atoms with van der Waals surface area (Å²) in [4.78, 5) is 13.4. The molecule has 2 aromatic rings. The van der Waals surface area contributed by atoms with Crippen LogP contribution in [0, 0.1) is 17.3 Å². The minimum absolute atomic E-state index is 0.00967. The van der Waals surface area contributed by atoms with Gasteiger partial charge in [0.05, 0.1) is 11.6 Å². The van der Waals surface area contributed by atoms with Crippen molar-refractivity contribution in [2.45, 2.75) is 102 Å². The lowest BCUT2D eigenvalue weighted by Crippen LogP contribution is -2.64. The molecule has 6 nitrogen and oxygen atoms in total. The van der Waals surface area contributed by atoms with Crippen molar-refractivity contribution in [3.8, 4) is 0 Å². The number of rotatable bonds is 4. The van der Waals surface area contributed by atoms with Crippen LogP contribution < -0.4 is 0 Å². The molecule has 3 aliphatic carbocycles. The van der Waals surface area contributed by atoms with Crippen LogP contribution in [-0.2, 0) is 37.6 Å². The summed E-state index contributed by atoms with van der Waals surface area (Å²) in [7, 11) is 0. The highest BCUT2D eigenvalue weighted by Gasteiger charge is 2.72. The molecule has 6 heteroatoms. The van der Waals surface area contributed by atoms with E-state index in [0.717, 1.165) is 43.2 Å². The van der Waals surface area contributed by atoms with Gasteiger partial charge in [0.1, 0.15) is 12.3 Å². The van der Waals surface area contributed by atoms with E-state index in [1.165, 1.54) is 16.6 Å². The Bertz CT molecular complexity index is 1340. The maximum absolute atomic E-state index is 13.4. The van der Waals surface area contributed by atoms with Gasteiger partial charge in [-0.25, -0.2) is 0 Å². The van der Waals surface area contributed by atoms with E-state index in [0.29, 0.717) is 12.5 Å². The molecular weight excluding hydrogens is 466 g/mol. The number of aromatic nitrogens is 1. The van der Waals surface area contributed by atoms with E-state index in [-0.39, 0.29) is 35.4 Å². The van der Waals surface area contributed by atoms with E-state index in [4.69, 9.17) is 14.2 Å². The second-order valence-electron chi connectivity index (χ2n) is 13.0. The van der Waals surface area contributed by atoms with Crippen LogP contribution in [0.25, 0.3) is 10.9 Å². The highest BCUT2D eigenvalue weighted by atomic mass is 16.8. The number of ketones is 1. The molecule has 1 N–H and O–H groups in total. The van der Waals surface area contributed by atoms with E-state index in [2.05, 4.69) is 49.6 Å². The average molecular weight is 506 g/mol. The van der Waals surface area contributed by atoms with Crippen LogP contribution in [0.4, 0.5) is 0 Å². The van der Waals surface area contributed by atoms with E-state index >= 15 is 0 Å². The third-order valence-corrected chi connectivity index (χ3v) is 10.9. The number of hydrogen-bond acceptors (Lipinski definition) is 5. The van der Waals surface area contributed by atoms with Crippen LogP contribution in [0.2, 0.25) is 0 Å². The zero-order valence-electron chi connectivity index (χ0n) is 22.7. The van der Waals surface area contributed by atoms with Gasteiger partial charge in [-0.2, -0.15) is 0 Å². The molecule has 37 heavy (non-hydrogen) atoms. The molecule has 3 fully saturated rings. The number of para-hydroxylation sites is 1. The molecule has 1 aromatic carbocycles. The molecule has 5 aliphatic rings. The number of aliphatic hydroxyl groups excluding tert-OH is 1. The van der Waals surface area contributed by atoms with Crippen LogP contribution >= 0.6 is 0 Å². The Kier molecular flexibility index (Phi) is 4.92. The Morgan fingerprint density at radius 1 is 1.16 bits per heavy atom. The summed E-state index contributed by atoms with van der Waals surface area (Å²) in [6, 6.07) is 8.48. The summed E-state index contributed by atoms with van der Waals surface area (Å²) < 4.78 is 22.0. The molecule has 2 aliphatic heterocycles. The molecule has 1 aromatic heterocycles. The normalized spacial score (nSPS) is 41.2. The molecule has 7 rings (SSSR count). The first kappa shape index (κ1) is 24.1. The summed E-state index contributed by atoms with van der Waals surface area (Å²) in [5, 5.41) is 11.9. The minimum atomic E-state index is -0.853. The predicted molar refractivity (Wildman–Crippen MR) is 140 cm³/mol. The fourth-order valence-corrected chi connectivity index (χ4v) is 9.27. The van der Waals surface area contributed by atoms with E-state index in [9.17, 15) is 9.90 Å². The number of ether oxygens (including phenoxy) is 3.